The number of ether oxygens (including phenoxy) is 1. The van der Waals surface area contributed by atoms with Gasteiger partial charge in [0, 0.05) is 43.9 Å². The van der Waals surface area contributed by atoms with Crippen LogP contribution in [-0.2, 0) is 16.1 Å². The molecule has 0 bridgehead atoms. The molecule has 4 rings (SSSR count). The SMILES string of the molecule is COc1ccccc1CN1C(=O)C(c2ccc([N+](=O)[O-])cc2)=C(N2CCN(C)CC2)C1=O. The maximum Gasteiger partial charge on any atom is 0.278 e. The van der Waals surface area contributed by atoms with E-state index in [9.17, 15) is 19.7 Å². The van der Waals surface area contributed by atoms with E-state index < -0.39 is 10.8 Å². The van der Waals surface area contributed by atoms with Crippen molar-refractivity contribution in [2.24, 2.45) is 0 Å². The third-order valence-electron chi connectivity index (χ3n) is 5.85. The quantitative estimate of drug-likeness (QED) is 0.389. The molecule has 0 aliphatic carbocycles. The van der Waals surface area contributed by atoms with Gasteiger partial charge in [-0.25, -0.2) is 0 Å². The van der Waals surface area contributed by atoms with Gasteiger partial charge < -0.3 is 14.5 Å². The van der Waals surface area contributed by atoms with Gasteiger partial charge in [-0.1, -0.05) is 18.2 Å². The molecule has 1 fully saturated rings. The highest BCUT2D eigenvalue weighted by Crippen LogP contribution is 2.34. The van der Waals surface area contributed by atoms with Crippen LogP contribution in [0, 0.1) is 10.1 Å². The van der Waals surface area contributed by atoms with E-state index in [0.29, 0.717) is 30.1 Å². The van der Waals surface area contributed by atoms with Gasteiger partial charge in [-0.2, -0.15) is 0 Å². The molecular weight excluding hydrogens is 412 g/mol. The number of nitro benzene ring substituents is 1. The molecule has 9 heteroatoms. The van der Waals surface area contributed by atoms with Crippen molar-refractivity contribution < 1.29 is 19.2 Å². The highest BCUT2D eigenvalue weighted by Gasteiger charge is 2.42. The van der Waals surface area contributed by atoms with Crippen molar-refractivity contribution in [1.82, 2.24) is 14.7 Å². The Labute approximate surface area is 185 Å². The number of non-ortho nitro benzene ring substituents is 1. The molecule has 2 aliphatic rings. The van der Waals surface area contributed by atoms with Gasteiger partial charge in [0.1, 0.15) is 11.4 Å². The molecule has 0 radical (unpaired) electrons. The lowest BCUT2D eigenvalue weighted by Gasteiger charge is -2.34. The number of hydrogen-bond acceptors (Lipinski definition) is 7. The summed E-state index contributed by atoms with van der Waals surface area (Å²) in [6.45, 7) is 2.85. The van der Waals surface area contributed by atoms with Gasteiger partial charge in [0.25, 0.3) is 17.5 Å². The van der Waals surface area contributed by atoms with Gasteiger partial charge in [0.2, 0.25) is 0 Å². The third-order valence-corrected chi connectivity index (χ3v) is 5.85. The van der Waals surface area contributed by atoms with E-state index in [-0.39, 0.29) is 23.7 Å². The van der Waals surface area contributed by atoms with Crippen molar-refractivity contribution in [3.63, 3.8) is 0 Å². The number of amides is 2. The summed E-state index contributed by atoms with van der Waals surface area (Å²) in [5.74, 6) is -0.180. The molecule has 0 unspecified atom stereocenters. The van der Waals surface area contributed by atoms with Crippen LogP contribution in [0.1, 0.15) is 11.1 Å². The average molecular weight is 436 g/mol. The van der Waals surface area contributed by atoms with Crippen LogP contribution < -0.4 is 4.74 Å². The molecule has 32 heavy (non-hydrogen) atoms. The number of carbonyl (C=O) groups excluding carboxylic acids is 2. The predicted molar refractivity (Wildman–Crippen MR) is 118 cm³/mol. The minimum absolute atomic E-state index is 0.0712. The summed E-state index contributed by atoms with van der Waals surface area (Å²) in [7, 11) is 3.56. The molecule has 2 amide bonds. The zero-order valence-electron chi connectivity index (χ0n) is 18.0. The first-order valence-corrected chi connectivity index (χ1v) is 10.3. The molecular formula is C23H24N4O5. The second-order valence-electron chi connectivity index (χ2n) is 7.83. The van der Waals surface area contributed by atoms with Crippen LogP contribution in [-0.4, -0.2) is 71.8 Å². The Morgan fingerprint density at radius 2 is 1.62 bits per heavy atom. The second-order valence-corrected chi connectivity index (χ2v) is 7.83. The number of rotatable bonds is 6. The first-order chi connectivity index (χ1) is 15.4. The highest BCUT2D eigenvalue weighted by molar-refractivity contribution is 6.35. The summed E-state index contributed by atoms with van der Waals surface area (Å²) in [6.07, 6.45) is 0. The maximum absolute atomic E-state index is 13.5. The first-order valence-electron chi connectivity index (χ1n) is 10.3. The predicted octanol–water partition coefficient (Wildman–Crippen LogP) is 2.13. The molecule has 2 heterocycles. The van der Waals surface area contributed by atoms with Crippen LogP contribution in [0.5, 0.6) is 5.75 Å². The fraction of sp³-hybridized carbons (Fsp3) is 0.304. The van der Waals surface area contributed by atoms with Crippen LogP contribution in [0.3, 0.4) is 0 Å². The summed E-state index contributed by atoms with van der Waals surface area (Å²) in [5, 5.41) is 11.0. The van der Waals surface area contributed by atoms with Crippen molar-refractivity contribution in [3.8, 4) is 5.75 Å². The monoisotopic (exact) mass is 436 g/mol. The fourth-order valence-electron chi connectivity index (χ4n) is 4.04. The Bertz CT molecular complexity index is 1090. The van der Waals surface area contributed by atoms with Gasteiger partial charge in [-0.3, -0.25) is 24.6 Å². The number of nitrogens with zero attached hydrogens (tertiary/aromatic N) is 4. The van der Waals surface area contributed by atoms with Gasteiger partial charge in [0.05, 0.1) is 24.2 Å². The average Bonchev–Trinajstić information content (AvgIpc) is 3.05. The molecule has 0 N–H and O–H groups in total. The van der Waals surface area contributed by atoms with Crippen molar-refractivity contribution in [1.29, 1.82) is 0 Å². The van der Waals surface area contributed by atoms with Gasteiger partial charge in [0.15, 0.2) is 0 Å². The standard InChI is InChI=1S/C23H24N4O5/c1-24-11-13-25(14-12-24)21-20(16-7-9-18(10-8-16)27(30)31)22(28)26(23(21)29)15-17-5-3-4-6-19(17)32-2/h3-10H,11-15H2,1-2H3. The van der Waals surface area contributed by atoms with E-state index >= 15 is 0 Å². The Balaban J connectivity index is 1.73. The molecule has 2 aliphatic heterocycles. The number of hydrogen-bond donors (Lipinski definition) is 0. The van der Waals surface area contributed by atoms with Crippen LogP contribution in [0.4, 0.5) is 5.69 Å². The smallest absolute Gasteiger partial charge is 0.278 e. The Morgan fingerprint density at radius 3 is 2.25 bits per heavy atom. The van der Waals surface area contributed by atoms with Gasteiger partial charge >= 0.3 is 0 Å². The van der Waals surface area contributed by atoms with E-state index in [4.69, 9.17) is 4.74 Å². The normalized spacial score (nSPS) is 17.3. The zero-order chi connectivity index (χ0) is 22.8. The van der Waals surface area contributed by atoms with Crippen molar-refractivity contribution in [3.05, 3.63) is 75.5 Å². The van der Waals surface area contributed by atoms with Crippen LogP contribution in [0.25, 0.3) is 5.57 Å². The number of benzene rings is 2. The second kappa shape index (κ2) is 8.80. The van der Waals surface area contributed by atoms with E-state index in [1.807, 2.05) is 30.1 Å². The van der Waals surface area contributed by atoms with E-state index in [1.54, 1.807) is 13.2 Å². The Kier molecular flexibility index (Phi) is 5.91. The van der Waals surface area contributed by atoms with Gasteiger partial charge in [-0.05, 0) is 30.8 Å². The molecule has 0 saturated carbocycles. The van der Waals surface area contributed by atoms with Crippen molar-refractivity contribution >= 4 is 23.1 Å². The fourth-order valence-corrected chi connectivity index (χ4v) is 4.04. The number of imide groups is 1. The lowest BCUT2D eigenvalue weighted by molar-refractivity contribution is -0.384. The summed E-state index contributed by atoms with van der Waals surface area (Å²) in [6, 6.07) is 13.0. The van der Waals surface area contributed by atoms with Crippen LogP contribution in [0.2, 0.25) is 0 Å². The molecule has 9 nitrogen and oxygen atoms in total. The van der Waals surface area contributed by atoms with E-state index in [2.05, 4.69) is 4.90 Å². The summed E-state index contributed by atoms with van der Waals surface area (Å²) >= 11 is 0. The largest absolute Gasteiger partial charge is 0.496 e. The van der Waals surface area contributed by atoms with Crippen LogP contribution in [0.15, 0.2) is 54.2 Å². The molecule has 2 aromatic carbocycles. The molecule has 0 aromatic heterocycles. The number of nitro groups is 1. The Hall–Kier alpha value is -3.72. The third kappa shape index (κ3) is 3.94. The number of likely N-dealkylation sites (N-methyl/N-ethyl adjacent to an activating group) is 1. The molecule has 0 spiro atoms. The summed E-state index contributed by atoms with van der Waals surface area (Å²) < 4.78 is 5.39. The minimum atomic E-state index is -0.491. The molecule has 0 atom stereocenters. The van der Waals surface area contributed by atoms with E-state index in [0.717, 1.165) is 18.7 Å². The van der Waals surface area contributed by atoms with Crippen molar-refractivity contribution in [2.75, 3.05) is 40.3 Å². The first kappa shape index (κ1) is 21.5. The lowest BCUT2D eigenvalue weighted by atomic mass is 10.0. The minimum Gasteiger partial charge on any atom is -0.496 e. The molecule has 2 aromatic rings. The summed E-state index contributed by atoms with van der Waals surface area (Å²) in [4.78, 5) is 42.9. The zero-order valence-corrected chi connectivity index (χ0v) is 18.0. The Morgan fingerprint density at radius 1 is 0.969 bits per heavy atom. The number of para-hydroxylation sites is 1. The molecule has 166 valence electrons. The summed E-state index contributed by atoms with van der Waals surface area (Å²) in [5.41, 5.74) is 1.78. The number of piperazine rings is 1. The van der Waals surface area contributed by atoms with Crippen LogP contribution >= 0.6 is 0 Å². The van der Waals surface area contributed by atoms with Gasteiger partial charge in [-0.15, -0.1) is 0 Å². The lowest BCUT2D eigenvalue weighted by Crippen LogP contribution is -2.46. The maximum atomic E-state index is 13.5. The number of carbonyl (C=O) groups is 2. The highest BCUT2D eigenvalue weighted by atomic mass is 16.6. The van der Waals surface area contributed by atoms with E-state index in [1.165, 1.54) is 29.2 Å². The topological polar surface area (TPSA) is 96.2 Å². The number of methoxy groups -OCH3 is 1. The van der Waals surface area contributed by atoms with Crippen molar-refractivity contribution in [2.45, 2.75) is 6.54 Å². The molecule has 1 saturated heterocycles.